The molecule has 1 heterocycles. The Morgan fingerprint density at radius 1 is 1.32 bits per heavy atom. The molecule has 96 valence electrons. The average molecular weight is 274 g/mol. The third-order valence-corrected chi connectivity index (χ3v) is 3.26. The highest BCUT2D eigenvalue weighted by molar-refractivity contribution is 7.12. The number of rotatable bonds is 4. The molecule has 1 aromatic carbocycles. The van der Waals surface area contributed by atoms with Crippen molar-refractivity contribution in [2.24, 2.45) is 0 Å². The van der Waals surface area contributed by atoms with E-state index >= 15 is 0 Å². The van der Waals surface area contributed by atoms with E-state index in [0.717, 1.165) is 12.1 Å². The summed E-state index contributed by atoms with van der Waals surface area (Å²) in [5, 5.41) is 23.6. The highest BCUT2D eigenvalue weighted by Crippen LogP contribution is 2.24. The molecular weight excluding hydrogens is 266 g/mol. The Labute approximate surface area is 112 Å². The van der Waals surface area contributed by atoms with Crippen LogP contribution in [0, 0.1) is 10.1 Å². The molecule has 0 radical (unpaired) electrons. The lowest BCUT2D eigenvalue weighted by Gasteiger charge is -2.05. The minimum atomic E-state index is -0.735. The maximum absolute atomic E-state index is 11.7. The van der Waals surface area contributed by atoms with Crippen LogP contribution in [0.5, 0.6) is 5.75 Å². The second-order valence-corrected chi connectivity index (χ2v) is 4.61. The summed E-state index contributed by atoms with van der Waals surface area (Å²) in [4.78, 5) is 22.2. The van der Waals surface area contributed by atoms with E-state index < -0.39 is 16.4 Å². The summed E-state index contributed by atoms with van der Waals surface area (Å²) < 4.78 is 0. The van der Waals surface area contributed by atoms with Gasteiger partial charge in [-0.15, -0.1) is 11.3 Å². The molecule has 1 aromatic heterocycles. The first-order valence-corrected chi connectivity index (χ1v) is 6.17. The molecule has 0 aliphatic carbocycles. The van der Waals surface area contributed by atoms with Crippen molar-refractivity contribution < 1.29 is 14.8 Å². The van der Waals surface area contributed by atoms with E-state index in [1.807, 2.05) is 0 Å². The van der Waals surface area contributed by atoms with Crippen molar-refractivity contribution in [3.8, 4) is 5.75 Å². The maximum Gasteiger partial charge on any atom is 0.262 e. The van der Waals surface area contributed by atoms with Crippen LogP contribution in [0.15, 0.2) is 41.8 Å². The quantitative estimate of drug-likeness (QED) is 0.371. The zero-order valence-electron chi connectivity index (χ0n) is 9.61. The van der Waals surface area contributed by atoms with E-state index in [0.29, 0.717) is 10.4 Å². The largest absolute Gasteiger partial charge is 0.868 e. The SMILES string of the molecule is O=C(/C=C/c1ccc([O-])c([N+](=O)[O-])c1)c1cccs1. The lowest BCUT2D eigenvalue weighted by Crippen LogP contribution is -1.97. The molecule has 2 aromatic rings. The normalized spacial score (nSPS) is 10.7. The zero-order chi connectivity index (χ0) is 13.8. The topological polar surface area (TPSA) is 83.3 Å². The molecule has 5 nitrogen and oxygen atoms in total. The number of nitro groups is 1. The van der Waals surface area contributed by atoms with Crippen molar-refractivity contribution >= 4 is 28.9 Å². The second kappa shape index (κ2) is 5.45. The number of nitrogens with zero attached hydrogens (tertiary/aromatic N) is 1. The van der Waals surface area contributed by atoms with Gasteiger partial charge in [-0.25, -0.2) is 0 Å². The van der Waals surface area contributed by atoms with E-state index in [1.54, 1.807) is 17.5 Å². The number of benzene rings is 1. The Morgan fingerprint density at radius 2 is 2.11 bits per heavy atom. The third-order valence-electron chi connectivity index (χ3n) is 2.37. The van der Waals surface area contributed by atoms with Crippen LogP contribution in [0.25, 0.3) is 6.08 Å². The Kier molecular flexibility index (Phi) is 3.72. The number of carbonyl (C=O) groups is 1. The van der Waals surface area contributed by atoms with Gasteiger partial charge in [0.15, 0.2) is 5.78 Å². The van der Waals surface area contributed by atoms with Crippen LogP contribution in [-0.4, -0.2) is 10.7 Å². The van der Waals surface area contributed by atoms with Gasteiger partial charge in [0, 0.05) is 6.07 Å². The standard InChI is InChI=1S/C13H9NO4S/c15-11-5-3-9(8-10(11)14(17)18)4-6-12(16)13-2-1-7-19-13/h1-8,15H/p-1/b6-4+. The molecule has 0 spiro atoms. The van der Waals surface area contributed by atoms with Crippen LogP contribution < -0.4 is 5.11 Å². The molecule has 0 saturated heterocycles. The van der Waals surface area contributed by atoms with Crippen LogP contribution in [0.4, 0.5) is 5.69 Å². The predicted octanol–water partition coefficient (Wildman–Crippen LogP) is 2.63. The Hall–Kier alpha value is -2.47. The zero-order valence-corrected chi connectivity index (χ0v) is 10.4. The monoisotopic (exact) mass is 274 g/mol. The van der Waals surface area contributed by atoms with E-state index in [9.17, 15) is 20.0 Å². The minimum absolute atomic E-state index is 0.177. The molecule has 0 aliphatic rings. The van der Waals surface area contributed by atoms with Gasteiger partial charge >= 0.3 is 0 Å². The summed E-state index contributed by atoms with van der Waals surface area (Å²) in [6.07, 6.45) is 2.78. The Bertz CT molecular complexity index is 647. The van der Waals surface area contributed by atoms with Crippen LogP contribution >= 0.6 is 11.3 Å². The van der Waals surface area contributed by atoms with Gasteiger partial charge in [0.1, 0.15) is 0 Å². The molecule has 0 bridgehead atoms. The number of hydrogen-bond acceptors (Lipinski definition) is 5. The predicted molar refractivity (Wildman–Crippen MR) is 70.2 cm³/mol. The maximum atomic E-state index is 11.7. The number of carbonyl (C=O) groups excluding carboxylic acids is 1. The van der Waals surface area contributed by atoms with Crippen LogP contribution in [0.2, 0.25) is 0 Å². The first kappa shape index (κ1) is 13.0. The first-order valence-electron chi connectivity index (χ1n) is 5.29. The highest BCUT2D eigenvalue weighted by atomic mass is 32.1. The molecule has 0 amide bonds. The van der Waals surface area contributed by atoms with Gasteiger partial charge in [-0.1, -0.05) is 24.3 Å². The van der Waals surface area contributed by atoms with E-state index in [-0.39, 0.29) is 5.78 Å². The second-order valence-electron chi connectivity index (χ2n) is 3.66. The van der Waals surface area contributed by atoms with Crippen molar-refractivity contribution in [1.29, 1.82) is 0 Å². The lowest BCUT2D eigenvalue weighted by molar-refractivity contribution is -0.398. The Balaban J connectivity index is 2.22. The van der Waals surface area contributed by atoms with Crippen molar-refractivity contribution in [3.05, 3.63) is 62.3 Å². The summed E-state index contributed by atoms with van der Waals surface area (Å²) in [6, 6.07) is 7.17. The summed E-state index contributed by atoms with van der Waals surface area (Å²) in [5.41, 5.74) is -0.0538. The van der Waals surface area contributed by atoms with E-state index in [4.69, 9.17) is 0 Å². The fourth-order valence-electron chi connectivity index (χ4n) is 1.45. The first-order chi connectivity index (χ1) is 9.08. The Morgan fingerprint density at radius 3 is 2.74 bits per heavy atom. The van der Waals surface area contributed by atoms with Crippen LogP contribution in [0.3, 0.4) is 0 Å². The molecule has 0 unspecified atom stereocenters. The van der Waals surface area contributed by atoms with E-state index in [1.165, 1.54) is 29.6 Å². The molecule has 2 rings (SSSR count). The fraction of sp³-hybridized carbons (Fsp3) is 0. The number of hydrogen-bond donors (Lipinski definition) is 0. The molecule has 0 N–H and O–H groups in total. The van der Waals surface area contributed by atoms with Gasteiger partial charge in [0.05, 0.1) is 9.80 Å². The highest BCUT2D eigenvalue weighted by Gasteiger charge is 2.07. The van der Waals surface area contributed by atoms with Gasteiger partial charge in [0.25, 0.3) is 5.69 Å². The summed E-state index contributed by atoms with van der Waals surface area (Å²) in [7, 11) is 0. The average Bonchev–Trinajstić information content (AvgIpc) is 2.91. The number of thiophene rings is 1. The summed E-state index contributed by atoms with van der Waals surface area (Å²) in [6.45, 7) is 0. The molecule has 6 heteroatoms. The van der Waals surface area contributed by atoms with Crippen LogP contribution in [-0.2, 0) is 0 Å². The van der Waals surface area contributed by atoms with Gasteiger partial charge in [0.2, 0.25) is 0 Å². The smallest absolute Gasteiger partial charge is 0.262 e. The molecule has 0 fully saturated rings. The van der Waals surface area contributed by atoms with Gasteiger partial charge in [-0.2, -0.15) is 0 Å². The van der Waals surface area contributed by atoms with Crippen molar-refractivity contribution in [1.82, 2.24) is 0 Å². The molecule has 0 aliphatic heterocycles. The molecule has 19 heavy (non-hydrogen) atoms. The summed E-state index contributed by atoms with van der Waals surface area (Å²) >= 11 is 1.32. The minimum Gasteiger partial charge on any atom is -0.868 e. The molecule has 0 atom stereocenters. The van der Waals surface area contributed by atoms with Gasteiger partial charge in [-0.05, 0) is 28.8 Å². The number of ketones is 1. The number of nitro benzene ring substituents is 1. The van der Waals surface area contributed by atoms with Gasteiger partial charge < -0.3 is 5.11 Å². The van der Waals surface area contributed by atoms with Crippen molar-refractivity contribution in [3.63, 3.8) is 0 Å². The van der Waals surface area contributed by atoms with Crippen molar-refractivity contribution in [2.45, 2.75) is 0 Å². The van der Waals surface area contributed by atoms with Crippen molar-refractivity contribution in [2.75, 3.05) is 0 Å². The van der Waals surface area contributed by atoms with Crippen LogP contribution in [0.1, 0.15) is 15.2 Å². The lowest BCUT2D eigenvalue weighted by atomic mass is 10.1. The summed E-state index contributed by atoms with van der Waals surface area (Å²) in [5.74, 6) is -0.824. The fourth-order valence-corrected chi connectivity index (χ4v) is 2.10. The van der Waals surface area contributed by atoms with E-state index in [2.05, 4.69) is 0 Å². The number of allylic oxidation sites excluding steroid dienone is 1. The third kappa shape index (κ3) is 3.05. The van der Waals surface area contributed by atoms with Gasteiger partial charge in [-0.3, -0.25) is 14.9 Å². The molecule has 0 saturated carbocycles. The molecular formula is C13H8NO4S-.